The van der Waals surface area contributed by atoms with Crippen LogP contribution in [0.1, 0.15) is 32.6 Å². The lowest BCUT2D eigenvalue weighted by molar-refractivity contribution is -0.138. The molecule has 162 valence electrons. The van der Waals surface area contributed by atoms with Gasteiger partial charge in [0.2, 0.25) is 5.91 Å². The number of anilines is 1. The molecule has 2 aliphatic rings. The van der Waals surface area contributed by atoms with Gasteiger partial charge in [0.05, 0.1) is 12.0 Å². The molecule has 2 fully saturated rings. The summed E-state index contributed by atoms with van der Waals surface area (Å²) in [5.41, 5.74) is -0.319. The maximum Gasteiger partial charge on any atom is 0.230 e. The summed E-state index contributed by atoms with van der Waals surface area (Å²) in [6, 6.07) is 6.04. The number of carbonyl (C=O) groups is 1. The van der Waals surface area contributed by atoms with Crippen LogP contribution in [0.5, 0.6) is 0 Å². The normalized spacial score (nSPS) is 18.9. The molecule has 1 amide bonds. The molecule has 1 saturated carbocycles. The summed E-state index contributed by atoms with van der Waals surface area (Å²) in [6.07, 6.45) is 5.97. The predicted octanol–water partition coefficient (Wildman–Crippen LogP) is 2.44. The van der Waals surface area contributed by atoms with E-state index < -0.39 is 0 Å². The van der Waals surface area contributed by atoms with Crippen LogP contribution < -0.4 is 10.2 Å². The van der Waals surface area contributed by atoms with Gasteiger partial charge in [0.1, 0.15) is 5.82 Å². The van der Waals surface area contributed by atoms with E-state index in [-0.39, 0.29) is 35.3 Å². The lowest BCUT2D eigenvalue weighted by Gasteiger charge is -2.37. The minimum absolute atomic E-state index is 0. The summed E-state index contributed by atoms with van der Waals surface area (Å²) in [6.45, 7) is 7.14. The first-order chi connectivity index (χ1) is 13.6. The van der Waals surface area contributed by atoms with Crippen molar-refractivity contribution in [1.29, 1.82) is 0 Å². The van der Waals surface area contributed by atoms with Crippen LogP contribution in [0.2, 0.25) is 0 Å². The van der Waals surface area contributed by atoms with Crippen molar-refractivity contribution < 1.29 is 4.79 Å². The van der Waals surface area contributed by atoms with Crippen LogP contribution in [-0.4, -0.2) is 80.0 Å². The quantitative estimate of drug-likeness (QED) is 0.372. The van der Waals surface area contributed by atoms with Gasteiger partial charge in [0, 0.05) is 53.0 Å². The zero-order valence-corrected chi connectivity index (χ0v) is 20.3. The van der Waals surface area contributed by atoms with E-state index in [1.54, 1.807) is 4.90 Å². The number of hydrogen-bond donors (Lipinski definition) is 1. The number of carbonyl (C=O) groups excluding carboxylic acids is 1. The van der Waals surface area contributed by atoms with Gasteiger partial charge in [-0.1, -0.05) is 18.9 Å². The second kappa shape index (κ2) is 11.0. The Balaban J connectivity index is 0.00000300. The fourth-order valence-electron chi connectivity index (χ4n) is 4.31. The monoisotopic (exact) mass is 514 g/mol. The minimum atomic E-state index is -0.319. The van der Waals surface area contributed by atoms with Crippen molar-refractivity contribution in [3.63, 3.8) is 0 Å². The highest BCUT2D eigenvalue weighted by atomic mass is 127. The third-order valence-electron chi connectivity index (χ3n) is 5.84. The molecule has 29 heavy (non-hydrogen) atoms. The second-order valence-corrected chi connectivity index (χ2v) is 8.02. The van der Waals surface area contributed by atoms with Gasteiger partial charge in [-0.05, 0) is 31.9 Å². The number of amides is 1. The van der Waals surface area contributed by atoms with Crippen LogP contribution in [0, 0.1) is 5.41 Å². The first kappa shape index (κ1) is 23.7. The molecule has 2 heterocycles. The van der Waals surface area contributed by atoms with E-state index in [4.69, 9.17) is 4.99 Å². The fraction of sp³-hybridized carbons (Fsp3) is 0.667. The molecule has 0 radical (unpaired) electrons. The maximum absolute atomic E-state index is 12.8. The van der Waals surface area contributed by atoms with Crippen LogP contribution in [0.3, 0.4) is 0 Å². The average molecular weight is 514 g/mol. The summed E-state index contributed by atoms with van der Waals surface area (Å²) in [5.74, 6) is 2.19. The van der Waals surface area contributed by atoms with Crippen molar-refractivity contribution in [1.82, 2.24) is 20.1 Å². The number of aliphatic imine (C=N–C) groups is 1. The van der Waals surface area contributed by atoms with Gasteiger partial charge in [0.15, 0.2) is 5.96 Å². The third kappa shape index (κ3) is 5.73. The van der Waals surface area contributed by atoms with Crippen LogP contribution >= 0.6 is 24.0 Å². The topological polar surface area (TPSA) is 64.1 Å². The Hall–Kier alpha value is -1.58. The summed E-state index contributed by atoms with van der Waals surface area (Å²) in [7, 11) is 3.71. The SMILES string of the molecule is CCNC(=NCC1(C(=O)N(C)C)CCCC1)N1CCN(c2ccccn2)CC1.I. The zero-order valence-electron chi connectivity index (χ0n) is 17.9. The van der Waals surface area contributed by atoms with Crippen molar-refractivity contribution in [3.8, 4) is 0 Å². The Labute approximate surface area is 192 Å². The summed E-state index contributed by atoms with van der Waals surface area (Å²) >= 11 is 0. The molecule has 1 N–H and O–H groups in total. The van der Waals surface area contributed by atoms with Crippen LogP contribution in [0.25, 0.3) is 0 Å². The van der Waals surface area contributed by atoms with Gasteiger partial charge in [-0.3, -0.25) is 9.79 Å². The van der Waals surface area contributed by atoms with E-state index in [2.05, 4.69) is 33.1 Å². The van der Waals surface area contributed by atoms with Crippen LogP contribution in [0.4, 0.5) is 5.82 Å². The average Bonchev–Trinajstić information content (AvgIpc) is 3.21. The standard InChI is InChI=1S/C21H34N6O.HI/c1-4-22-20(24-17-21(10-6-7-11-21)19(28)25(2)3)27-15-13-26(14-16-27)18-9-5-8-12-23-18;/h5,8-9,12H,4,6-7,10-11,13-17H2,1-3H3,(H,22,24);1H. The molecule has 7 nitrogen and oxygen atoms in total. The van der Waals surface area contributed by atoms with Crippen molar-refractivity contribution in [3.05, 3.63) is 24.4 Å². The van der Waals surface area contributed by atoms with Gasteiger partial charge in [0.25, 0.3) is 0 Å². The van der Waals surface area contributed by atoms with E-state index in [0.717, 1.165) is 70.2 Å². The molecule has 1 aromatic heterocycles. The number of aromatic nitrogens is 1. The maximum atomic E-state index is 12.8. The molecule has 0 unspecified atom stereocenters. The van der Waals surface area contributed by atoms with Crippen molar-refractivity contribution in [2.75, 3.05) is 58.3 Å². The first-order valence-corrected chi connectivity index (χ1v) is 10.5. The lowest BCUT2D eigenvalue weighted by Crippen LogP contribution is -2.53. The number of nitrogens with one attached hydrogen (secondary N) is 1. The highest BCUT2D eigenvalue weighted by molar-refractivity contribution is 14.0. The minimum Gasteiger partial charge on any atom is -0.357 e. The number of guanidine groups is 1. The molecular formula is C21H35IN6O. The first-order valence-electron chi connectivity index (χ1n) is 10.5. The molecule has 1 aliphatic heterocycles. The summed E-state index contributed by atoms with van der Waals surface area (Å²) in [4.78, 5) is 28.6. The van der Waals surface area contributed by atoms with Gasteiger partial charge >= 0.3 is 0 Å². The highest BCUT2D eigenvalue weighted by Gasteiger charge is 2.42. The zero-order chi connectivity index (χ0) is 20.0. The number of piperazine rings is 1. The lowest BCUT2D eigenvalue weighted by atomic mass is 9.85. The molecule has 1 aromatic rings. The van der Waals surface area contributed by atoms with Gasteiger partial charge in [-0.15, -0.1) is 24.0 Å². The number of rotatable bonds is 5. The second-order valence-electron chi connectivity index (χ2n) is 8.02. The molecule has 3 rings (SSSR count). The molecule has 0 aromatic carbocycles. The van der Waals surface area contributed by atoms with Crippen LogP contribution in [-0.2, 0) is 4.79 Å². The number of pyridine rings is 1. The summed E-state index contributed by atoms with van der Waals surface area (Å²) < 4.78 is 0. The number of nitrogens with zero attached hydrogens (tertiary/aromatic N) is 5. The molecule has 0 spiro atoms. The Morgan fingerprint density at radius 2 is 1.90 bits per heavy atom. The Morgan fingerprint density at radius 3 is 2.45 bits per heavy atom. The van der Waals surface area contributed by atoms with Crippen molar-refractivity contribution in [2.45, 2.75) is 32.6 Å². The third-order valence-corrected chi connectivity index (χ3v) is 5.84. The van der Waals surface area contributed by atoms with E-state index >= 15 is 0 Å². The molecule has 0 bridgehead atoms. The van der Waals surface area contributed by atoms with Gasteiger partial charge in [-0.2, -0.15) is 0 Å². The number of hydrogen-bond acceptors (Lipinski definition) is 4. The van der Waals surface area contributed by atoms with Crippen LogP contribution in [0.15, 0.2) is 29.4 Å². The van der Waals surface area contributed by atoms with E-state index in [9.17, 15) is 4.79 Å². The molecule has 0 atom stereocenters. The Morgan fingerprint density at radius 1 is 1.21 bits per heavy atom. The number of halogens is 1. The Bertz CT molecular complexity index is 667. The molecule has 1 aliphatic carbocycles. The molecule has 1 saturated heterocycles. The molecular weight excluding hydrogens is 479 g/mol. The fourth-order valence-corrected chi connectivity index (χ4v) is 4.31. The Kier molecular flexibility index (Phi) is 8.98. The highest BCUT2D eigenvalue weighted by Crippen LogP contribution is 2.39. The van der Waals surface area contributed by atoms with Gasteiger partial charge in [-0.25, -0.2) is 4.98 Å². The van der Waals surface area contributed by atoms with E-state index in [1.165, 1.54) is 0 Å². The van der Waals surface area contributed by atoms with Crippen molar-refractivity contribution in [2.24, 2.45) is 10.4 Å². The van der Waals surface area contributed by atoms with Crippen molar-refractivity contribution >= 4 is 41.7 Å². The van der Waals surface area contributed by atoms with Gasteiger partial charge < -0.3 is 20.0 Å². The van der Waals surface area contributed by atoms with E-state index in [0.29, 0.717) is 6.54 Å². The molecule has 8 heteroatoms. The predicted molar refractivity (Wildman–Crippen MR) is 129 cm³/mol. The summed E-state index contributed by atoms with van der Waals surface area (Å²) in [5, 5.41) is 3.43. The smallest absolute Gasteiger partial charge is 0.230 e. The van der Waals surface area contributed by atoms with E-state index in [1.807, 2.05) is 32.4 Å². The largest absolute Gasteiger partial charge is 0.357 e.